The lowest BCUT2D eigenvalue weighted by Gasteiger charge is -2.37. The average Bonchev–Trinajstić information content (AvgIpc) is 3.16. The van der Waals surface area contributed by atoms with Gasteiger partial charge in [0, 0.05) is 19.0 Å². The molecular formula is C23H46N2O2S. The molecule has 0 unspecified atom stereocenters. The van der Waals surface area contributed by atoms with Gasteiger partial charge in [-0.25, -0.2) is 8.42 Å². The zero-order chi connectivity index (χ0) is 22.0. The fourth-order valence-electron chi connectivity index (χ4n) is 3.49. The number of nitrogens with zero attached hydrogens (tertiary/aromatic N) is 2. The molecule has 2 fully saturated rings. The molecule has 0 spiro atoms. The van der Waals surface area contributed by atoms with Crippen molar-refractivity contribution in [3.63, 3.8) is 0 Å². The van der Waals surface area contributed by atoms with E-state index < -0.39 is 14.6 Å². The zero-order valence-electron chi connectivity index (χ0n) is 20.2. The highest BCUT2D eigenvalue weighted by atomic mass is 32.2. The number of amidine groups is 1. The molecule has 1 heterocycles. The molecule has 0 aromatic rings. The molecule has 2 aliphatic carbocycles. The second-order valence-electron chi connectivity index (χ2n) is 11.7. The molecule has 0 saturated heterocycles. The number of hydrogen-bond donors (Lipinski definition) is 0. The Hall–Kier alpha value is -0.580. The Bertz CT molecular complexity index is 623. The van der Waals surface area contributed by atoms with Crippen LogP contribution in [0.1, 0.15) is 94.4 Å². The molecule has 0 aromatic heterocycles. The van der Waals surface area contributed by atoms with Gasteiger partial charge in [0.25, 0.3) is 0 Å². The Balaban J connectivity index is 0.000000212. The molecule has 166 valence electrons. The molecule has 4 nitrogen and oxygen atoms in total. The molecule has 5 heteroatoms. The number of rotatable bonds is 1. The van der Waals surface area contributed by atoms with Crippen molar-refractivity contribution in [1.82, 2.24) is 4.90 Å². The van der Waals surface area contributed by atoms with Gasteiger partial charge in [-0.15, -0.1) is 0 Å². The lowest BCUT2D eigenvalue weighted by molar-refractivity contribution is 0.141. The van der Waals surface area contributed by atoms with Gasteiger partial charge in [0.05, 0.1) is 16.5 Å². The van der Waals surface area contributed by atoms with Crippen molar-refractivity contribution in [2.75, 3.05) is 20.1 Å². The van der Waals surface area contributed by atoms with Crippen molar-refractivity contribution >= 4 is 15.7 Å². The van der Waals surface area contributed by atoms with E-state index in [2.05, 4.69) is 58.5 Å². The lowest BCUT2D eigenvalue weighted by atomic mass is 9.69. The normalized spacial score (nSPS) is 21.1. The van der Waals surface area contributed by atoms with Gasteiger partial charge in [0.15, 0.2) is 9.84 Å². The summed E-state index contributed by atoms with van der Waals surface area (Å²) in [4.78, 5) is 6.67. The van der Waals surface area contributed by atoms with Gasteiger partial charge in [-0.2, -0.15) is 0 Å². The third kappa shape index (κ3) is 7.35. The first-order valence-electron chi connectivity index (χ1n) is 11.0. The predicted octanol–water partition coefficient (Wildman–Crippen LogP) is 5.57. The van der Waals surface area contributed by atoms with E-state index in [1.54, 1.807) is 20.8 Å². The van der Waals surface area contributed by atoms with E-state index in [9.17, 15) is 8.42 Å². The number of likely N-dealkylation sites (N-methyl/N-ethyl adjacent to an activating group) is 1. The minimum Gasteiger partial charge on any atom is -0.361 e. The first kappa shape index (κ1) is 25.5. The SMILES string of the molecule is CC(C)(C)C1CCC1.CC(C)(C)S(=O)(=O)C1CC1.CN1CCN=C1C(C)(C)C. The Kier molecular flexibility index (Phi) is 8.23. The van der Waals surface area contributed by atoms with E-state index in [1.165, 1.54) is 25.1 Å². The Morgan fingerprint density at radius 2 is 1.39 bits per heavy atom. The highest BCUT2D eigenvalue weighted by molar-refractivity contribution is 7.93. The quantitative estimate of drug-likeness (QED) is 0.563. The molecule has 0 bridgehead atoms. The highest BCUT2D eigenvalue weighted by Gasteiger charge is 2.43. The van der Waals surface area contributed by atoms with Gasteiger partial charge in [-0.1, -0.05) is 48.0 Å². The van der Waals surface area contributed by atoms with Gasteiger partial charge in [-0.3, -0.25) is 4.99 Å². The summed E-state index contributed by atoms with van der Waals surface area (Å²) in [7, 11) is -0.695. The maximum atomic E-state index is 11.4. The van der Waals surface area contributed by atoms with Crippen LogP contribution < -0.4 is 0 Å². The molecule has 3 rings (SSSR count). The molecule has 28 heavy (non-hydrogen) atoms. The van der Waals surface area contributed by atoms with Crippen LogP contribution in [0, 0.1) is 16.7 Å². The van der Waals surface area contributed by atoms with Crippen LogP contribution in [0.2, 0.25) is 0 Å². The first-order valence-corrected chi connectivity index (χ1v) is 12.5. The van der Waals surface area contributed by atoms with E-state index >= 15 is 0 Å². The molecule has 0 N–H and O–H groups in total. The summed E-state index contributed by atoms with van der Waals surface area (Å²) in [6.45, 7) is 21.0. The van der Waals surface area contributed by atoms with Crippen LogP contribution in [0.3, 0.4) is 0 Å². The van der Waals surface area contributed by atoms with Crippen LogP contribution in [-0.2, 0) is 9.84 Å². The van der Waals surface area contributed by atoms with Crippen LogP contribution in [0.15, 0.2) is 4.99 Å². The Morgan fingerprint density at radius 3 is 1.50 bits per heavy atom. The maximum absolute atomic E-state index is 11.4. The van der Waals surface area contributed by atoms with Crippen LogP contribution in [-0.4, -0.2) is 49.3 Å². The van der Waals surface area contributed by atoms with Crippen molar-refractivity contribution in [3.8, 4) is 0 Å². The van der Waals surface area contributed by atoms with Gasteiger partial charge in [-0.05, 0) is 57.8 Å². The molecule has 0 radical (unpaired) electrons. The monoisotopic (exact) mass is 414 g/mol. The maximum Gasteiger partial charge on any atom is 0.158 e. The van der Waals surface area contributed by atoms with Crippen molar-refractivity contribution in [1.29, 1.82) is 0 Å². The first-order chi connectivity index (χ1) is 12.5. The lowest BCUT2D eigenvalue weighted by Crippen LogP contribution is -2.33. The van der Waals surface area contributed by atoms with Crippen LogP contribution in [0.25, 0.3) is 0 Å². The number of sulfone groups is 1. The van der Waals surface area contributed by atoms with Gasteiger partial charge in [0.1, 0.15) is 5.84 Å². The fourth-order valence-corrected chi connectivity index (χ4v) is 5.25. The molecule has 2 saturated carbocycles. The third-order valence-corrected chi connectivity index (χ3v) is 8.93. The summed E-state index contributed by atoms with van der Waals surface area (Å²) < 4.78 is 22.3. The fraction of sp³-hybridized carbons (Fsp3) is 0.957. The second-order valence-corrected chi connectivity index (χ2v) is 14.7. The van der Waals surface area contributed by atoms with E-state index in [0.717, 1.165) is 31.8 Å². The summed E-state index contributed by atoms with van der Waals surface area (Å²) in [5.74, 6) is 2.27. The number of aliphatic imine (C=N–C) groups is 1. The van der Waals surface area contributed by atoms with Crippen LogP contribution >= 0.6 is 0 Å². The second kappa shape index (κ2) is 9.06. The van der Waals surface area contributed by atoms with Crippen LogP contribution in [0.5, 0.6) is 0 Å². The molecule has 3 aliphatic rings. The predicted molar refractivity (Wildman–Crippen MR) is 123 cm³/mol. The van der Waals surface area contributed by atoms with Crippen molar-refractivity contribution in [2.24, 2.45) is 21.7 Å². The largest absolute Gasteiger partial charge is 0.361 e. The molecule has 1 aliphatic heterocycles. The van der Waals surface area contributed by atoms with Crippen molar-refractivity contribution in [3.05, 3.63) is 0 Å². The molecule has 0 atom stereocenters. The van der Waals surface area contributed by atoms with Gasteiger partial charge >= 0.3 is 0 Å². The minimum absolute atomic E-state index is 0.0208. The Labute approximate surface area is 175 Å². The summed E-state index contributed by atoms with van der Waals surface area (Å²) in [6, 6.07) is 0. The summed E-state index contributed by atoms with van der Waals surface area (Å²) >= 11 is 0. The highest BCUT2D eigenvalue weighted by Crippen LogP contribution is 2.40. The molecular weight excluding hydrogens is 368 g/mol. The zero-order valence-corrected chi connectivity index (χ0v) is 21.0. The van der Waals surface area contributed by atoms with Crippen molar-refractivity contribution in [2.45, 2.75) is 104 Å². The Morgan fingerprint density at radius 1 is 0.893 bits per heavy atom. The summed E-state index contributed by atoms with van der Waals surface area (Å²) in [6.07, 6.45) is 6.17. The standard InChI is InChI=1S/C8H16N2.C8H16.C7H14O2S/c1-8(2,3)7-9-5-6-10(7)4;1-8(2,3)7-5-4-6-7;1-7(2,3)10(8,9)6-4-5-6/h5-6H2,1-4H3;7H,4-6H2,1-3H3;6H,4-5H2,1-3H3. The van der Waals surface area contributed by atoms with Gasteiger partial charge < -0.3 is 4.90 Å². The summed E-state index contributed by atoms with van der Waals surface area (Å²) in [5.41, 5.74) is 0.823. The van der Waals surface area contributed by atoms with E-state index in [4.69, 9.17) is 0 Å². The van der Waals surface area contributed by atoms with Crippen LogP contribution in [0.4, 0.5) is 0 Å². The van der Waals surface area contributed by atoms with E-state index in [1.807, 2.05) is 0 Å². The van der Waals surface area contributed by atoms with E-state index in [-0.39, 0.29) is 10.7 Å². The average molecular weight is 415 g/mol. The third-order valence-electron chi connectivity index (χ3n) is 5.88. The molecule has 0 amide bonds. The molecule has 0 aromatic carbocycles. The topological polar surface area (TPSA) is 49.7 Å². The minimum atomic E-state index is -2.80. The smallest absolute Gasteiger partial charge is 0.158 e. The van der Waals surface area contributed by atoms with E-state index in [0.29, 0.717) is 5.41 Å². The number of hydrogen-bond acceptors (Lipinski definition) is 4. The van der Waals surface area contributed by atoms with Gasteiger partial charge in [0.2, 0.25) is 0 Å². The summed E-state index contributed by atoms with van der Waals surface area (Å²) in [5, 5.41) is -0.0208. The van der Waals surface area contributed by atoms with Crippen molar-refractivity contribution < 1.29 is 8.42 Å².